The average molecular weight is 598 g/mol. The standard InChI is InChI=1S/C24H31ClF3N3O7S/c1-6-11-31(23(32)38-39(33,34)30-10-12-35-15(2)3)21-19(36-16(4)5)8-7-9-20(21)37-22-18(25)13-17(14-29-22)24(26,27)28/h7-9,13-16,30H,6,10-12H2,1-5H3. The molecule has 2 aromatic rings. The first-order valence-corrected chi connectivity index (χ1v) is 13.8. The number of rotatable bonds is 13. The Balaban J connectivity index is 2.45. The van der Waals surface area contributed by atoms with Crippen LogP contribution in [-0.2, 0) is 25.4 Å². The zero-order valence-electron chi connectivity index (χ0n) is 22.0. The second-order valence-corrected chi connectivity index (χ2v) is 10.4. The van der Waals surface area contributed by atoms with Crippen LogP contribution in [0.4, 0.5) is 23.7 Å². The first-order chi connectivity index (χ1) is 18.1. The molecule has 2 rings (SSSR count). The van der Waals surface area contributed by atoms with Crippen molar-refractivity contribution < 1.29 is 44.8 Å². The number of carbonyl (C=O) groups is 1. The van der Waals surface area contributed by atoms with Gasteiger partial charge in [0.2, 0.25) is 5.88 Å². The molecule has 0 saturated carbocycles. The maximum atomic E-state index is 13.1. The van der Waals surface area contributed by atoms with Gasteiger partial charge in [-0.15, -0.1) is 0 Å². The second-order valence-electron chi connectivity index (χ2n) is 8.65. The van der Waals surface area contributed by atoms with E-state index in [1.165, 1.54) is 18.2 Å². The SMILES string of the molecule is CCCN(C(=O)OS(=O)(=O)NCCOC(C)C)c1c(Oc2ncc(C(F)(F)F)cc2Cl)cccc1OC(C)C. The summed E-state index contributed by atoms with van der Waals surface area (Å²) in [7, 11) is -4.53. The molecular weight excluding hydrogens is 567 g/mol. The van der Waals surface area contributed by atoms with Gasteiger partial charge in [0.25, 0.3) is 0 Å². The number of nitrogens with one attached hydrogen (secondary N) is 1. The molecule has 0 atom stereocenters. The van der Waals surface area contributed by atoms with Crippen molar-refractivity contribution in [1.29, 1.82) is 0 Å². The molecule has 0 bridgehead atoms. The molecule has 218 valence electrons. The van der Waals surface area contributed by atoms with Crippen LogP contribution >= 0.6 is 11.6 Å². The Hall–Kier alpha value is -2.81. The van der Waals surface area contributed by atoms with Gasteiger partial charge >= 0.3 is 22.6 Å². The molecule has 1 amide bonds. The van der Waals surface area contributed by atoms with Crippen molar-refractivity contribution in [3.05, 3.63) is 41.0 Å². The number of alkyl halides is 3. The van der Waals surface area contributed by atoms with Crippen molar-refractivity contribution >= 4 is 33.7 Å². The van der Waals surface area contributed by atoms with Crippen LogP contribution in [0.3, 0.4) is 0 Å². The predicted octanol–water partition coefficient (Wildman–Crippen LogP) is 5.95. The molecule has 1 aromatic carbocycles. The third kappa shape index (κ3) is 10.0. The second kappa shape index (κ2) is 14.0. The third-order valence-corrected chi connectivity index (χ3v) is 5.81. The van der Waals surface area contributed by atoms with E-state index in [0.717, 1.165) is 4.90 Å². The van der Waals surface area contributed by atoms with Crippen LogP contribution in [0.25, 0.3) is 0 Å². The fourth-order valence-corrected chi connectivity index (χ4v) is 3.98. The van der Waals surface area contributed by atoms with E-state index in [-0.39, 0.29) is 55.0 Å². The van der Waals surface area contributed by atoms with Crippen LogP contribution < -0.4 is 19.1 Å². The lowest BCUT2D eigenvalue weighted by Crippen LogP contribution is -2.39. The Labute approximate surface area is 230 Å². The normalized spacial score (nSPS) is 12.1. The van der Waals surface area contributed by atoms with E-state index in [0.29, 0.717) is 18.7 Å². The first-order valence-electron chi connectivity index (χ1n) is 12.0. The fourth-order valence-electron chi connectivity index (χ4n) is 3.11. The predicted molar refractivity (Wildman–Crippen MR) is 139 cm³/mol. The molecule has 0 spiro atoms. The lowest BCUT2D eigenvalue weighted by atomic mass is 10.2. The summed E-state index contributed by atoms with van der Waals surface area (Å²) >= 11 is 6.01. The van der Waals surface area contributed by atoms with E-state index in [4.69, 9.17) is 30.0 Å². The van der Waals surface area contributed by atoms with Crippen molar-refractivity contribution in [2.45, 2.75) is 59.4 Å². The molecule has 1 heterocycles. The fraction of sp³-hybridized carbons (Fsp3) is 0.500. The molecule has 15 heteroatoms. The number of ether oxygens (including phenoxy) is 3. The van der Waals surface area contributed by atoms with Gasteiger partial charge in [0.1, 0.15) is 16.5 Å². The number of amides is 1. The van der Waals surface area contributed by atoms with E-state index in [9.17, 15) is 26.4 Å². The molecule has 0 aliphatic carbocycles. The van der Waals surface area contributed by atoms with Crippen LogP contribution in [0, 0.1) is 0 Å². The van der Waals surface area contributed by atoms with Crippen LogP contribution in [-0.4, -0.2) is 51.4 Å². The molecule has 10 nitrogen and oxygen atoms in total. The highest BCUT2D eigenvalue weighted by molar-refractivity contribution is 7.85. The number of pyridine rings is 1. The molecule has 0 fully saturated rings. The minimum Gasteiger partial charge on any atom is -0.489 e. The van der Waals surface area contributed by atoms with Gasteiger partial charge in [0.05, 0.1) is 24.4 Å². The van der Waals surface area contributed by atoms with Gasteiger partial charge in [0.15, 0.2) is 5.75 Å². The van der Waals surface area contributed by atoms with Gasteiger partial charge in [-0.3, -0.25) is 4.90 Å². The van der Waals surface area contributed by atoms with E-state index in [1.807, 2.05) is 0 Å². The topological polar surface area (TPSA) is 116 Å². The maximum absolute atomic E-state index is 13.1. The highest BCUT2D eigenvalue weighted by Gasteiger charge is 2.33. The van der Waals surface area contributed by atoms with Gasteiger partial charge in [-0.05, 0) is 52.3 Å². The van der Waals surface area contributed by atoms with Crippen molar-refractivity contribution in [2.75, 3.05) is 24.6 Å². The summed E-state index contributed by atoms with van der Waals surface area (Å²) in [6, 6.07) is 5.06. The average Bonchev–Trinajstić information content (AvgIpc) is 2.81. The largest absolute Gasteiger partial charge is 0.489 e. The minimum absolute atomic E-state index is 0.0332. The number of hydrogen-bond acceptors (Lipinski definition) is 8. The molecule has 0 saturated heterocycles. The monoisotopic (exact) mass is 597 g/mol. The van der Waals surface area contributed by atoms with Crippen molar-refractivity contribution in [3.63, 3.8) is 0 Å². The minimum atomic E-state index is -4.67. The lowest BCUT2D eigenvalue weighted by molar-refractivity contribution is -0.137. The maximum Gasteiger partial charge on any atom is 0.431 e. The molecule has 39 heavy (non-hydrogen) atoms. The Kier molecular flexibility index (Phi) is 11.6. The lowest BCUT2D eigenvalue weighted by Gasteiger charge is -2.26. The van der Waals surface area contributed by atoms with Crippen LogP contribution in [0.2, 0.25) is 5.02 Å². The number of benzene rings is 1. The van der Waals surface area contributed by atoms with Gasteiger partial charge < -0.3 is 18.4 Å². The quantitative estimate of drug-likeness (QED) is 0.282. The number of halogens is 4. The number of nitrogens with zero attached hydrogens (tertiary/aromatic N) is 2. The number of carbonyl (C=O) groups excluding carboxylic acids is 1. The summed E-state index contributed by atoms with van der Waals surface area (Å²) in [4.78, 5) is 17.8. The highest BCUT2D eigenvalue weighted by atomic mass is 35.5. The molecule has 0 unspecified atom stereocenters. The van der Waals surface area contributed by atoms with E-state index in [1.54, 1.807) is 34.6 Å². The van der Waals surface area contributed by atoms with Crippen molar-refractivity contribution in [1.82, 2.24) is 9.71 Å². The zero-order chi connectivity index (χ0) is 29.4. The van der Waals surface area contributed by atoms with Gasteiger partial charge in [-0.25, -0.2) is 9.78 Å². The summed E-state index contributed by atoms with van der Waals surface area (Å²) in [6.45, 7) is 8.62. The van der Waals surface area contributed by atoms with Crippen molar-refractivity contribution in [3.8, 4) is 17.4 Å². The van der Waals surface area contributed by atoms with Gasteiger partial charge in [0, 0.05) is 19.3 Å². The smallest absolute Gasteiger partial charge is 0.431 e. The van der Waals surface area contributed by atoms with E-state index in [2.05, 4.69) is 9.71 Å². The third-order valence-electron chi connectivity index (χ3n) is 4.62. The van der Waals surface area contributed by atoms with Crippen LogP contribution in [0.15, 0.2) is 30.5 Å². The summed E-state index contributed by atoms with van der Waals surface area (Å²) in [5.74, 6) is -0.355. The molecule has 1 aromatic heterocycles. The summed E-state index contributed by atoms with van der Waals surface area (Å²) < 4.78 is 87.6. The number of hydrogen-bond donors (Lipinski definition) is 1. The molecule has 0 aliphatic heterocycles. The molecule has 1 N–H and O–H groups in total. The van der Waals surface area contributed by atoms with Crippen LogP contribution in [0.5, 0.6) is 17.4 Å². The number of aromatic nitrogens is 1. The van der Waals surface area contributed by atoms with Crippen LogP contribution in [0.1, 0.15) is 46.6 Å². The Morgan fingerprint density at radius 2 is 1.82 bits per heavy atom. The van der Waals surface area contributed by atoms with Gasteiger partial charge in [-0.1, -0.05) is 24.6 Å². The first kappa shape index (κ1) is 32.4. The molecule has 0 aliphatic rings. The number of anilines is 1. The van der Waals surface area contributed by atoms with Gasteiger partial charge in [-0.2, -0.15) is 26.3 Å². The number of para-hydroxylation sites is 1. The Morgan fingerprint density at radius 3 is 2.38 bits per heavy atom. The van der Waals surface area contributed by atoms with E-state index < -0.39 is 33.2 Å². The highest BCUT2D eigenvalue weighted by Crippen LogP contribution is 2.43. The zero-order valence-corrected chi connectivity index (χ0v) is 23.6. The Bertz CT molecular complexity index is 1230. The van der Waals surface area contributed by atoms with E-state index >= 15 is 0 Å². The summed E-state index contributed by atoms with van der Waals surface area (Å²) in [6.07, 6.45) is -5.54. The molecular formula is C24H31ClF3N3O7S. The summed E-state index contributed by atoms with van der Waals surface area (Å²) in [5, 5.41) is -0.439. The van der Waals surface area contributed by atoms with Crippen molar-refractivity contribution in [2.24, 2.45) is 0 Å². The Morgan fingerprint density at radius 1 is 1.15 bits per heavy atom. The molecule has 0 radical (unpaired) electrons. The summed E-state index contributed by atoms with van der Waals surface area (Å²) in [5.41, 5.74) is -1.11.